The Kier molecular flexibility index (Phi) is 2.58. The SMILES string of the molecule is [2H]C([2H])(OS(C)(=O)=O)C1CCCCC1. The van der Waals surface area contributed by atoms with Crippen LogP contribution in [0.1, 0.15) is 34.8 Å². The largest absolute Gasteiger partial charge is 0.270 e. The van der Waals surface area contributed by atoms with Crippen LogP contribution in [-0.4, -0.2) is 21.2 Å². The van der Waals surface area contributed by atoms with E-state index in [9.17, 15) is 8.42 Å². The molecule has 1 fully saturated rings. The first-order valence-electron chi connectivity index (χ1n) is 5.22. The van der Waals surface area contributed by atoms with Crippen molar-refractivity contribution in [3.05, 3.63) is 0 Å². The quantitative estimate of drug-likeness (QED) is 0.640. The summed E-state index contributed by atoms with van der Waals surface area (Å²) in [5.41, 5.74) is 0. The number of rotatable bonds is 3. The lowest BCUT2D eigenvalue weighted by molar-refractivity contribution is 0.215. The molecule has 1 aliphatic rings. The van der Waals surface area contributed by atoms with Gasteiger partial charge in [-0.15, -0.1) is 0 Å². The minimum atomic E-state index is -3.71. The fraction of sp³-hybridized carbons (Fsp3) is 1.00. The van der Waals surface area contributed by atoms with Gasteiger partial charge in [-0.1, -0.05) is 19.3 Å². The van der Waals surface area contributed by atoms with Crippen LogP contribution in [0.5, 0.6) is 0 Å². The van der Waals surface area contributed by atoms with E-state index in [0.29, 0.717) is 12.8 Å². The molecule has 1 aliphatic carbocycles. The van der Waals surface area contributed by atoms with Crippen molar-refractivity contribution in [2.24, 2.45) is 5.92 Å². The smallest absolute Gasteiger partial charge is 0.264 e. The maximum atomic E-state index is 10.8. The zero-order valence-electron chi connectivity index (χ0n) is 9.25. The molecule has 0 atom stereocenters. The number of hydrogen-bond acceptors (Lipinski definition) is 3. The van der Waals surface area contributed by atoms with Crippen molar-refractivity contribution in [1.29, 1.82) is 0 Å². The molecule has 0 spiro atoms. The molecule has 0 amide bonds. The van der Waals surface area contributed by atoms with E-state index in [1.165, 1.54) is 0 Å². The molecule has 0 heterocycles. The topological polar surface area (TPSA) is 43.4 Å². The van der Waals surface area contributed by atoms with E-state index in [-0.39, 0.29) is 5.92 Å². The average molecular weight is 194 g/mol. The lowest BCUT2D eigenvalue weighted by Gasteiger charge is -2.20. The van der Waals surface area contributed by atoms with Gasteiger partial charge in [0.2, 0.25) is 0 Å². The van der Waals surface area contributed by atoms with Crippen molar-refractivity contribution in [2.75, 3.05) is 12.8 Å². The maximum absolute atomic E-state index is 10.8. The molecule has 0 bridgehead atoms. The summed E-state index contributed by atoms with van der Waals surface area (Å²) in [6.07, 6.45) is 5.32. The van der Waals surface area contributed by atoms with Gasteiger partial charge in [0.05, 0.1) is 15.6 Å². The van der Waals surface area contributed by atoms with E-state index >= 15 is 0 Å². The van der Waals surface area contributed by atoms with Gasteiger partial charge in [0, 0.05) is 0 Å². The summed E-state index contributed by atoms with van der Waals surface area (Å²) in [4.78, 5) is 0. The van der Waals surface area contributed by atoms with E-state index in [0.717, 1.165) is 25.5 Å². The molecule has 0 saturated heterocycles. The van der Waals surface area contributed by atoms with Gasteiger partial charge in [0.25, 0.3) is 10.1 Å². The van der Waals surface area contributed by atoms with Crippen molar-refractivity contribution in [2.45, 2.75) is 32.1 Å². The highest BCUT2D eigenvalue weighted by Gasteiger charge is 2.15. The van der Waals surface area contributed by atoms with Crippen molar-refractivity contribution in [3.63, 3.8) is 0 Å². The first-order valence-corrected chi connectivity index (χ1v) is 6.03. The van der Waals surface area contributed by atoms with Crippen LogP contribution >= 0.6 is 0 Å². The predicted octanol–water partition coefficient (Wildman–Crippen LogP) is 1.54. The van der Waals surface area contributed by atoms with Gasteiger partial charge >= 0.3 is 0 Å². The molecule has 0 aliphatic heterocycles. The Morgan fingerprint density at radius 2 is 2.00 bits per heavy atom. The van der Waals surface area contributed by atoms with Crippen LogP contribution in [0, 0.1) is 5.92 Å². The normalized spacial score (nSPS) is 24.8. The Hall–Kier alpha value is -0.0900. The average Bonchev–Trinajstić information content (AvgIpc) is 2.01. The molecule has 3 nitrogen and oxygen atoms in total. The van der Waals surface area contributed by atoms with E-state index in [2.05, 4.69) is 4.18 Å². The Labute approximate surface area is 77.0 Å². The summed E-state index contributed by atoms with van der Waals surface area (Å²) in [5, 5.41) is 0. The zero-order valence-corrected chi connectivity index (χ0v) is 8.06. The molecule has 72 valence electrons. The highest BCUT2D eigenvalue weighted by atomic mass is 32.2. The molecular weight excluding hydrogens is 176 g/mol. The Morgan fingerprint density at radius 1 is 1.42 bits per heavy atom. The fourth-order valence-electron chi connectivity index (χ4n) is 1.38. The summed E-state index contributed by atoms with van der Waals surface area (Å²) in [7, 11) is -3.71. The van der Waals surface area contributed by atoms with Gasteiger partial charge < -0.3 is 0 Å². The van der Waals surface area contributed by atoms with Gasteiger partial charge in [-0.2, -0.15) is 8.42 Å². The number of hydrogen-bond donors (Lipinski definition) is 0. The molecule has 1 saturated carbocycles. The summed E-state index contributed by atoms with van der Waals surface area (Å²) in [6.45, 7) is -2.03. The molecule has 0 aromatic heterocycles. The molecular formula is C8H16O3S. The highest BCUT2D eigenvalue weighted by Crippen LogP contribution is 2.23. The van der Waals surface area contributed by atoms with E-state index in [4.69, 9.17) is 2.74 Å². The molecule has 12 heavy (non-hydrogen) atoms. The van der Waals surface area contributed by atoms with E-state index < -0.39 is 16.7 Å². The third-order valence-electron chi connectivity index (χ3n) is 1.97. The standard InChI is InChI=1S/C8H16O3S/c1-12(9,10)11-7-8-5-3-2-4-6-8/h8H,2-7H2,1H3/i7D2. The van der Waals surface area contributed by atoms with Crippen LogP contribution in [0.2, 0.25) is 0 Å². The lowest BCUT2D eigenvalue weighted by atomic mass is 9.90. The molecule has 0 N–H and O–H groups in total. The predicted molar refractivity (Wildman–Crippen MR) is 47.4 cm³/mol. The molecule has 0 unspecified atom stereocenters. The lowest BCUT2D eigenvalue weighted by Crippen LogP contribution is -2.16. The third-order valence-corrected chi connectivity index (χ3v) is 2.37. The zero-order chi connectivity index (χ0) is 10.8. The molecule has 0 aromatic carbocycles. The third kappa shape index (κ3) is 4.07. The Bertz CT molecular complexity index is 281. The van der Waals surface area contributed by atoms with Crippen molar-refractivity contribution in [1.82, 2.24) is 0 Å². The summed E-state index contributed by atoms with van der Waals surface area (Å²) >= 11 is 0. The van der Waals surface area contributed by atoms with Crippen molar-refractivity contribution >= 4 is 10.1 Å². The van der Waals surface area contributed by atoms with Crippen LogP contribution in [0.15, 0.2) is 0 Å². The molecule has 0 radical (unpaired) electrons. The minimum absolute atomic E-state index is 0.286. The summed E-state index contributed by atoms with van der Waals surface area (Å²) in [5.74, 6) is -0.286. The Morgan fingerprint density at radius 3 is 2.50 bits per heavy atom. The van der Waals surface area contributed by atoms with Crippen LogP contribution in [0.3, 0.4) is 0 Å². The summed E-state index contributed by atoms with van der Waals surface area (Å²) < 4.78 is 41.2. The Balaban J connectivity index is 2.63. The first kappa shape index (κ1) is 7.33. The van der Waals surface area contributed by atoms with Crippen LogP contribution in [0.25, 0.3) is 0 Å². The molecule has 0 aromatic rings. The first-order chi connectivity index (χ1) is 6.31. The fourth-order valence-corrected chi connectivity index (χ4v) is 1.69. The van der Waals surface area contributed by atoms with E-state index in [1.54, 1.807) is 0 Å². The molecule has 1 rings (SSSR count). The van der Waals surface area contributed by atoms with E-state index in [1.807, 2.05) is 0 Å². The van der Waals surface area contributed by atoms with Crippen LogP contribution < -0.4 is 0 Å². The van der Waals surface area contributed by atoms with Gasteiger partial charge in [0.15, 0.2) is 0 Å². The van der Waals surface area contributed by atoms with Crippen LogP contribution in [-0.2, 0) is 14.3 Å². The minimum Gasteiger partial charge on any atom is -0.270 e. The van der Waals surface area contributed by atoms with Gasteiger partial charge in [0.1, 0.15) is 0 Å². The van der Waals surface area contributed by atoms with Gasteiger partial charge in [-0.3, -0.25) is 4.18 Å². The monoisotopic (exact) mass is 194 g/mol. The van der Waals surface area contributed by atoms with Crippen LogP contribution in [0.4, 0.5) is 0 Å². The van der Waals surface area contributed by atoms with Crippen molar-refractivity contribution < 1.29 is 15.3 Å². The second kappa shape index (κ2) is 4.23. The molecule has 4 heteroatoms. The highest BCUT2D eigenvalue weighted by molar-refractivity contribution is 7.85. The summed E-state index contributed by atoms with van der Waals surface area (Å²) in [6, 6.07) is 0. The second-order valence-corrected chi connectivity index (χ2v) is 4.82. The van der Waals surface area contributed by atoms with Gasteiger partial charge in [-0.25, -0.2) is 0 Å². The van der Waals surface area contributed by atoms with Crippen molar-refractivity contribution in [3.8, 4) is 0 Å². The van der Waals surface area contributed by atoms with Gasteiger partial charge in [-0.05, 0) is 18.8 Å². The second-order valence-electron chi connectivity index (χ2n) is 3.24. The maximum Gasteiger partial charge on any atom is 0.264 e.